The lowest BCUT2D eigenvalue weighted by atomic mass is 10.1. The summed E-state index contributed by atoms with van der Waals surface area (Å²) in [5.41, 5.74) is 3.50. The lowest BCUT2D eigenvalue weighted by Crippen LogP contribution is -2.29. The molecule has 0 spiro atoms. The van der Waals surface area contributed by atoms with Gasteiger partial charge in [0.15, 0.2) is 11.5 Å². The molecule has 4 heterocycles. The van der Waals surface area contributed by atoms with Crippen LogP contribution in [-0.4, -0.2) is 58.5 Å². The zero-order chi connectivity index (χ0) is 23.1. The second-order valence-electron chi connectivity index (χ2n) is 8.11. The Morgan fingerprint density at radius 2 is 2.09 bits per heavy atom. The molecule has 1 unspecified atom stereocenters. The van der Waals surface area contributed by atoms with E-state index in [1.54, 1.807) is 29.8 Å². The number of hydrogen-bond acceptors (Lipinski definition) is 7. The molecule has 0 radical (unpaired) electrons. The van der Waals surface area contributed by atoms with E-state index in [9.17, 15) is 9.18 Å². The molecule has 1 aromatic carbocycles. The number of likely N-dealkylation sites (N-methyl/N-ethyl adjacent to an activating group) is 1. The highest BCUT2D eigenvalue weighted by Gasteiger charge is 2.25. The van der Waals surface area contributed by atoms with Crippen molar-refractivity contribution in [3.05, 3.63) is 53.9 Å². The van der Waals surface area contributed by atoms with E-state index >= 15 is 0 Å². The molecule has 3 aromatic heterocycles. The summed E-state index contributed by atoms with van der Waals surface area (Å²) in [6.07, 6.45) is 5.83. The van der Waals surface area contributed by atoms with Gasteiger partial charge in [0, 0.05) is 37.6 Å². The summed E-state index contributed by atoms with van der Waals surface area (Å²) < 4.78 is 21.3. The Morgan fingerprint density at radius 1 is 1.24 bits per heavy atom. The van der Waals surface area contributed by atoms with Crippen LogP contribution in [0, 0.1) is 12.7 Å². The van der Waals surface area contributed by atoms with Crippen LogP contribution in [0.2, 0.25) is 0 Å². The van der Waals surface area contributed by atoms with Gasteiger partial charge in [0.05, 0.1) is 35.9 Å². The van der Waals surface area contributed by atoms with Gasteiger partial charge in [-0.3, -0.25) is 4.79 Å². The number of aromatic nitrogens is 4. The van der Waals surface area contributed by atoms with Crippen LogP contribution >= 0.6 is 0 Å². The molecular weight excluding hydrogens is 425 g/mol. The second kappa shape index (κ2) is 8.28. The van der Waals surface area contributed by atoms with Crippen molar-refractivity contribution in [2.75, 3.05) is 37.5 Å². The first-order chi connectivity index (χ1) is 16.0. The largest absolute Gasteiger partial charge is 0.480 e. The molecule has 1 amide bonds. The zero-order valence-electron chi connectivity index (χ0n) is 18.6. The summed E-state index contributed by atoms with van der Waals surface area (Å²) in [4.78, 5) is 28.6. The first kappa shape index (κ1) is 21.1. The highest BCUT2D eigenvalue weighted by Crippen LogP contribution is 2.31. The topological polar surface area (TPSA) is 96.7 Å². The van der Waals surface area contributed by atoms with Crippen LogP contribution in [0.4, 0.5) is 15.8 Å². The standard InChI is InChI=1S/C23H24FN7O2/c1-13-10-31-12-15(8-17(24)22(31)27-13)28-23(32)16-4-5-18(30-7-6-14(11-30)25-2)21-20(16)26-9-19(29-21)33-3/h4-5,8-10,12,14,25H,6-7,11H2,1-3H3,(H,28,32). The molecule has 2 N–H and O–H groups in total. The molecule has 170 valence electrons. The van der Waals surface area contributed by atoms with E-state index in [2.05, 4.69) is 30.5 Å². The van der Waals surface area contributed by atoms with Gasteiger partial charge in [-0.05, 0) is 32.5 Å². The summed E-state index contributed by atoms with van der Waals surface area (Å²) >= 11 is 0. The summed E-state index contributed by atoms with van der Waals surface area (Å²) in [5.74, 6) is -0.552. The Labute approximate surface area is 189 Å². The molecule has 1 fully saturated rings. The van der Waals surface area contributed by atoms with Gasteiger partial charge in [0.1, 0.15) is 11.0 Å². The predicted octanol–water partition coefficient (Wildman–Crippen LogP) is 2.78. The number of fused-ring (bicyclic) bond motifs is 2. The van der Waals surface area contributed by atoms with Crippen molar-refractivity contribution in [3.8, 4) is 5.88 Å². The third-order valence-corrected chi connectivity index (χ3v) is 5.93. The Morgan fingerprint density at radius 3 is 2.85 bits per heavy atom. The van der Waals surface area contributed by atoms with Crippen molar-refractivity contribution in [1.82, 2.24) is 24.7 Å². The third-order valence-electron chi connectivity index (χ3n) is 5.93. The normalized spacial score (nSPS) is 16.0. The molecule has 10 heteroatoms. The Kier molecular flexibility index (Phi) is 5.29. The number of hydrogen-bond donors (Lipinski definition) is 2. The monoisotopic (exact) mass is 449 g/mol. The number of imidazole rings is 1. The summed E-state index contributed by atoms with van der Waals surface area (Å²) in [7, 11) is 3.48. The molecule has 1 aliphatic heterocycles. The van der Waals surface area contributed by atoms with Crippen LogP contribution in [0.5, 0.6) is 5.88 Å². The molecule has 9 nitrogen and oxygen atoms in total. The maximum Gasteiger partial charge on any atom is 0.257 e. The minimum atomic E-state index is -0.515. The number of methoxy groups -OCH3 is 1. The number of amides is 1. The second-order valence-corrected chi connectivity index (χ2v) is 8.11. The van der Waals surface area contributed by atoms with Gasteiger partial charge < -0.3 is 24.7 Å². The predicted molar refractivity (Wildman–Crippen MR) is 124 cm³/mol. The minimum absolute atomic E-state index is 0.212. The van der Waals surface area contributed by atoms with Gasteiger partial charge in [-0.15, -0.1) is 0 Å². The average Bonchev–Trinajstić information content (AvgIpc) is 3.44. The molecule has 0 bridgehead atoms. The lowest BCUT2D eigenvalue weighted by Gasteiger charge is -2.21. The summed E-state index contributed by atoms with van der Waals surface area (Å²) in [6.45, 7) is 3.48. The smallest absolute Gasteiger partial charge is 0.257 e. The Hall–Kier alpha value is -3.79. The fourth-order valence-corrected chi connectivity index (χ4v) is 4.27. The van der Waals surface area contributed by atoms with Crippen molar-refractivity contribution in [1.29, 1.82) is 0 Å². The van der Waals surface area contributed by atoms with E-state index in [1.165, 1.54) is 19.4 Å². The number of nitrogens with one attached hydrogen (secondary N) is 2. The quantitative estimate of drug-likeness (QED) is 0.484. The maximum atomic E-state index is 14.5. The van der Waals surface area contributed by atoms with E-state index in [1.807, 2.05) is 13.1 Å². The fourth-order valence-electron chi connectivity index (χ4n) is 4.27. The van der Waals surface area contributed by atoms with Gasteiger partial charge in [-0.25, -0.2) is 19.3 Å². The molecule has 0 aliphatic carbocycles. The lowest BCUT2D eigenvalue weighted by molar-refractivity contribution is 0.102. The van der Waals surface area contributed by atoms with Crippen LogP contribution < -0.4 is 20.3 Å². The van der Waals surface area contributed by atoms with Crippen LogP contribution in [-0.2, 0) is 0 Å². The van der Waals surface area contributed by atoms with E-state index in [0.717, 1.165) is 25.2 Å². The number of nitrogens with zero attached hydrogens (tertiary/aromatic N) is 5. The van der Waals surface area contributed by atoms with Gasteiger partial charge in [0.25, 0.3) is 5.91 Å². The van der Waals surface area contributed by atoms with Crippen LogP contribution in [0.25, 0.3) is 16.7 Å². The maximum absolute atomic E-state index is 14.5. The zero-order valence-corrected chi connectivity index (χ0v) is 18.6. The molecule has 5 rings (SSSR count). The average molecular weight is 449 g/mol. The third kappa shape index (κ3) is 3.82. The van der Waals surface area contributed by atoms with Crippen LogP contribution in [0.15, 0.2) is 36.8 Å². The number of carbonyl (C=O) groups excluding carboxylic acids is 1. The molecule has 1 atom stereocenters. The van der Waals surface area contributed by atoms with Crippen molar-refractivity contribution in [3.63, 3.8) is 0 Å². The molecular formula is C23H24FN7O2. The minimum Gasteiger partial charge on any atom is -0.480 e. The number of anilines is 2. The first-order valence-electron chi connectivity index (χ1n) is 10.7. The van der Waals surface area contributed by atoms with Gasteiger partial charge in [-0.2, -0.15) is 0 Å². The van der Waals surface area contributed by atoms with Crippen molar-refractivity contribution in [2.45, 2.75) is 19.4 Å². The number of halogens is 1. The Bertz CT molecular complexity index is 1370. The van der Waals surface area contributed by atoms with E-state index < -0.39 is 11.7 Å². The van der Waals surface area contributed by atoms with E-state index in [4.69, 9.17) is 4.74 Å². The SMILES string of the molecule is CNC1CCN(c2ccc(C(=O)Nc3cc(F)c4nc(C)cn4c3)c3ncc(OC)nc23)C1. The molecule has 1 saturated heterocycles. The van der Waals surface area contributed by atoms with Gasteiger partial charge in [0.2, 0.25) is 5.88 Å². The highest BCUT2D eigenvalue weighted by molar-refractivity contribution is 6.13. The molecule has 33 heavy (non-hydrogen) atoms. The van der Waals surface area contributed by atoms with E-state index in [0.29, 0.717) is 39.9 Å². The van der Waals surface area contributed by atoms with Crippen molar-refractivity contribution < 1.29 is 13.9 Å². The number of aryl methyl sites for hydroxylation is 1. The Balaban J connectivity index is 1.53. The number of benzene rings is 1. The van der Waals surface area contributed by atoms with Crippen LogP contribution in [0.1, 0.15) is 22.5 Å². The van der Waals surface area contributed by atoms with Gasteiger partial charge in [-0.1, -0.05) is 0 Å². The van der Waals surface area contributed by atoms with Crippen molar-refractivity contribution >= 4 is 34.0 Å². The summed E-state index contributed by atoms with van der Waals surface area (Å²) in [5, 5.41) is 6.08. The molecule has 1 aliphatic rings. The first-order valence-corrected chi connectivity index (χ1v) is 10.7. The van der Waals surface area contributed by atoms with E-state index in [-0.39, 0.29) is 5.65 Å². The summed E-state index contributed by atoms with van der Waals surface area (Å²) in [6, 6.07) is 5.26. The van der Waals surface area contributed by atoms with Crippen molar-refractivity contribution in [2.24, 2.45) is 0 Å². The number of carbonyl (C=O) groups is 1. The van der Waals surface area contributed by atoms with Crippen LogP contribution in [0.3, 0.4) is 0 Å². The number of rotatable bonds is 5. The molecule has 0 saturated carbocycles. The highest BCUT2D eigenvalue weighted by atomic mass is 19.1. The number of pyridine rings is 1. The van der Waals surface area contributed by atoms with Gasteiger partial charge >= 0.3 is 0 Å². The number of ether oxygens (including phenoxy) is 1. The molecule has 4 aromatic rings. The fraction of sp³-hybridized carbons (Fsp3) is 0.304.